The monoisotopic (exact) mass is 371 g/mol. The SMILES string of the molecule is CSc1ccc(Cl)c(C(=O)NC(C)c2ccc(OC(F)F)cc2)c1. The van der Waals surface area contributed by atoms with Gasteiger partial charge in [-0.15, -0.1) is 11.8 Å². The lowest BCUT2D eigenvalue weighted by Crippen LogP contribution is -2.26. The topological polar surface area (TPSA) is 38.3 Å². The van der Waals surface area contributed by atoms with E-state index in [4.69, 9.17) is 11.6 Å². The molecule has 0 saturated heterocycles. The maximum Gasteiger partial charge on any atom is 0.387 e. The number of rotatable bonds is 6. The molecule has 0 radical (unpaired) electrons. The first kappa shape index (κ1) is 18.5. The van der Waals surface area contributed by atoms with Gasteiger partial charge in [0.1, 0.15) is 5.75 Å². The van der Waals surface area contributed by atoms with E-state index in [-0.39, 0.29) is 17.7 Å². The van der Waals surface area contributed by atoms with Gasteiger partial charge in [-0.1, -0.05) is 23.7 Å². The fourth-order valence-corrected chi connectivity index (χ4v) is 2.74. The van der Waals surface area contributed by atoms with E-state index >= 15 is 0 Å². The summed E-state index contributed by atoms with van der Waals surface area (Å²) in [4.78, 5) is 13.3. The Kier molecular flexibility index (Phi) is 6.45. The quantitative estimate of drug-likeness (QED) is 0.713. The minimum absolute atomic E-state index is 0.0722. The summed E-state index contributed by atoms with van der Waals surface area (Å²) < 4.78 is 28.6. The van der Waals surface area contributed by atoms with Gasteiger partial charge < -0.3 is 10.1 Å². The van der Waals surface area contributed by atoms with Crippen molar-refractivity contribution < 1.29 is 18.3 Å². The molecule has 0 aromatic heterocycles. The van der Waals surface area contributed by atoms with Crippen LogP contribution in [0.1, 0.15) is 28.9 Å². The summed E-state index contributed by atoms with van der Waals surface area (Å²) in [5, 5.41) is 3.22. The molecule has 1 N–H and O–H groups in total. The van der Waals surface area contributed by atoms with Crippen LogP contribution in [0.5, 0.6) is 5.75 Å². The molecule has 1 unspecified atom stereocenters. The highest BCUT2D eigenvalue weighted by Crippen LogP contribution is 2.24. The molecule has 2 aromatic rings. The number of hydrogen-bond acceptors (Lipinski definition) is 3. The standard InChI is InChI=1S/C17H16ClF2NO2S/c1-10(11-3-5-12(6-4-11)23-17(19)20)21-16(22)14-9-13(24-2)7-8-15(14)18/h3-10,17H,1-2H3,(H,21,22). The first-order chi connectivity index (χ1) is 11.4. The zero-order chi connectivity index (χ0) is 17.7. The number of amides is 1. The summed E-state index contributed by atoms with van der Waals surface area (Å²) in [6.45, 7) is -1.06. The predicted octanol–water partition coefficient (Wildman–Crippen LogP) is 5.15. The lowest BCUT2D eigenvalue weighted by atomic mass is 10.1. The maximum atomic E-state index is 12.4. The van der Waals surface area contributed by atoms with E-state index in [0.717, 1.165) is 10.5 Å². The molecule has 1 atom stereocenters. The second-order valence-electron chi connectivity index (χ2n) is 4.99. The lowest BCUT2D eigenvalue weighted by Gasteiger charge is -2.16. The Morgan fingerprint density at radius 1 is 1.21 bits per heavy atom. The third-order valence-corrected chi connectivity index (χ3v) is 4.43. The van der Waals surface area contributed by atoms with Gasteiger partial charge in [0.05, 0.1) is 16.6 Å². The van der Waals surface area contributed by atoms with Gasteiger partial charge in [0.25, 0.3) is 5.91 Å². The summed E-state index contributed by atoms with van der Waals surface area (Å²) in [6.07, 6.45) is 1.91. The van der Waals surface area contributed by atoms with Crippen molar-refractivity contribution in [3.63, 3.8) is 0 Å². The summed E-state index contributed by atoms with van der Waals surface area (Å²) in [5.74, 6) is -0.223. The molecule has 0 spiro atoms. The number of ether oxygens (including phenoxy) is 1. The summed E-state index contributed by atoms with van der Waals surface area (Å²) in [7, 11) is 0. The van der Waals surface area contributed by atoms with Crippen LogP contribution in [0, 0.1) is 0 Å². The van der Waals surface area contributed by atoms with Crippen LogP contribution in [0.3, 0.4) is 0 Å². The number of hydrogen-bond donors (Lipinski definition) is 1. The Labute approximate surface area is 148 Å². The van der Waals surface area contributed by atoms with Crippen molar-refractivity contribution >= 4 is 29.3 Å². The van der Waals surface area contributed by atoms with Crippen LogP contribution < -0.4 is 10.1 Å². The zero-order valence-electron chi connectivity index (χ0n) is 13.1. The Hall–Kier alpha value is -1.79. The van der Waals surface area contributed by atoms with Gasteiger partial charge in [-0.3, -0.25) is 4.79 Å². The van der Waals surface area contributed by atoms with Crippen LogP contribution in [0.15, 0.2) is 47.4 Å². The summed E-state index contributed by atoms with van der Waals surface area (Å²) >= 11 is 7.61. The molecule has 2 aromatic carbocycles. The van der Waals surface area contributed by atoms with Crippen molar-refractivity contribution in [2.45, 2.75) is 24.5 Å². The molecule has 2 rings (SSSR count). The number of nitrogens with one attached hydrogen (secondary N) is 1. The molecule has 0 bridgehead atoms. The molecule has 128 valence electrons. The van der Waals surface area contributed by atoms with Gasteiger partial charge >= 0.3 is 6.61 Å². The largest absolute Gasteiger partial charge is 0.435 e. The van der Waals surface area contributed by atoms with Crippen LogP contribution in [0.4, 0.5) is 8.78 Å². The Balaban J connectivity index is 2.08. The Bertz CT molecular complexity index is 710. The molecule has 24 heavy (non-hydrogen) atoms. The second-order valence-corrected chi connectivity index (χ2v) is 6.28. The molecule has 0 aliphatic rings. The molecule has 3 nitrogen and oxygen atoms in total. The normalized spacial score (nSPS) is 12.1. The van der Waals surface area contributed by atoms with Gasteiger partial charge in [0, 0.05) is 4.90 Å². The highest BCUT2D eigenvalue weighted by Gasteiger charge is 2.15. The van der Waals surface area contributed by atoms with Gasteiger partial charge in [-0.2, -0.15) is 8.78 Å². The van der Waals surface area contributed by atoms with Crippen LogP contribution >= 0.6 is 23.4 Å². The van der Waals surface area contributed by atoms with Crippen molar-refractivity contribution in [2.75, 3.05) is 6.26 Å². The van der Waals surface area contributed by atoms with E-state index in [0.29, 0.717) is 10.6 Å². The van der Waals surface area contributed by atoms with Crippen molar-refractivity contribution in [3.8, 4) is 5.75 Å². The van der Waals surface area contributed by atoms with Gasteiger partial charge in [0.15, 0.2) is 0 Å². The number of carbonyl (C=O) groups excluding carboxylic acids is 1. The number of carbonyl (C=O) groups is 1. The average molecular weight is 372 g/mol. The fraction of sp³-hybridized carbons (Fsp3) is 0.235. The van der Waals surface area contributed by atoms with Crippen molar-refractivity contribution in [1.29, 1.82) is 0 Å². The Morgan fingerprint density at radius 3 is 2.46 bits per heavy atom. The predicted molar refractivity (Wildman–Crippen MR) is 92.2 cm³/mol. The van der Waals surface area contributed by atoms with E-state index in [1.807, 2.05) is 12.3 Å². The van der Waals surface area contributed by atoms with E-state index in [1.54, 1.807) is 31.2 Å². The number of benzene rings is 2. The molecule has 1 amide bonds. The van der Waals surface area contributed by atoms with Crippen LogP contribution in [-0.2, 0) is 0 Å². The van der Waals surface area contributed by atoms with Crippen molar-refractivity contribution in [2.24, 2.45) is 0 Å². The lowest BCUT2D eigenvalue weighted by molar-refractivity contribution is -0.0498. The molecule has 7 heteroatoms. The highest BCUT2D eigenvalue weighted by molar-refractivity contribution is 7.98. The van der Waals surface area contributed by atoms with Crippen LogP contribution in [0.2, 0.25) is 5.02 Å². The highest BCUT2D eigenvalue weighted by atomic mass is 35.5. The van der Waals surface area contributed by atoms with E-state index < -0.39 is 6.61 Å². The van der Waals surface area contributed by atoms with Crippen LogP contribution in [-0.4, -0.2) is 18.8 Å². The third-order valence-electron chi connectivity index (χ3n) is 3.37. The first-order valence-electron chi connectivity index (χ1n) is 7.10. The molecule has 0 saturated carbocycles. The van der Waals surface area contributed by atoms with Crippen molar-refractivity contribution in [3.05, 3.63) is 58.6 Å². The molecular formula is C17H16ClF2NO2S. The minimum atomic E-state index is -2.86. The number of alkyl halides is 2. The van der Waals surface area contributed by atoms with Gasteiger partial charge in [-0.25, -0.2) is 0 Å². The van der Waals surface area contributed by atoms with Crippen molar-refractivity contribution in [1.82, 2.24) is 5.32 Å². The van der Waals surface area contributed by atoms with Crippen LogP contribution in [0.25, 0.3) is 0 Å². The van der Waals surface area contributed by atoms with E-state index in [2.05, 4.69) is 10.1 Å². The molecule has 0 aliphatic carbocycles. The molecule has 0 heterocycles. The van der Waals surface area contributed by atoms with Gasteiger partial charge in [-0.05, 0) is 49.1 Å². The summed E-state index contributed by atoms with van der Waals surface area (Å²) in [6, 6.07) is 11.1. The molecular weight excluding hydrogens is 356 g/mol. The van der Waals surface area contributed by atoms with E-state index in [1.165, 1.54) is 23.9 Å². The number of thioether (sulfide) groups is 1. The minimum Gasteiger partial charge on any atom is -0.435 e. The maximum absolute atomic E-state index is 12.4. The third kappa shape index (κ3) is 4.85. The average Bonchev–Trinajstić information content (AvgIpc) is 2.55. The van der Waals surface area contributed by atoms with E-state index in [9.17, 15) is 13.6 Å². The molecule has 0 fully saturated rings. The zero-order valence-corrected chi connectivity index (χ0v) is 14.6. The number of halogens is 3. The fourth-order valence-electron chi connectivity index (χ4n) is 2.10. The smallest absolute Gasteiger partial charge is 0.387 e. The summed E-state index contributed by atoms with van der Waals surface area (Å²) in [5.41, 5.74) is 1.16. The molecule has 0 aliphatic heterocycles. The first-order valence-corrected chi connectivity index (χ1v) is 8.70. The Morgan fingerprint density at radius 2 is 1.88 bits per heavy atom. The van der Waals surface area contributed by atoms with Gasteiger partial charge in [0.2, 0.25) is 0 Å². The second kappa shape index (κ2) is 8.35.